The van der Waals surface area contributed by atoms with Crippen molar-refractivity contribution in [2.45, 2.75) is 44.5 Å². The Morgan fingerprint density at radius 3 is 2.68 bits per heavy atom. The summed E-state index contributed by atoms with van der Waals surface area (Å²) in [5.74, 6) is 0.355. The maximum atomic E-state index is 12.3. The van der Waals surface area contributed by atoms with Crippen molar-refractivity contribution in [2.24, 2.45) is 5.92 Å². The molecule has 2 rings (SSSR count). The lowest BCUT2D eigenvalue weighted by atomic mass is 9.89. The van der Waals surface area contributed by atoms with Gasteiger partial charge < -0.3 is 10.1 Å². The highest BCUT2D eigenvalue weighted by atomic mass is 19.4. The molecule has 0 aromatic rings. The Balaban J connectivity index is 1.56. The van der Waals surface area contributed by atoms with Crippen LogP contribution < -0.4 is 5.32 Å². The van der Waals surface area contributed by atoms with Crippen LogP contribution >= 0.6 is 0 Å². The molecule has 0 radical (unpaired) electrons. The molecular formula is C13H23F3N2O. The third-order valence-electron chi connectivity index (χ3n) is 3.97. The highest BCUT2D eigenvalue weighted by Crippen LogP contribution is 2.25. The number of likely N-dealkylation sites (tertiary alicyclic amines) is 1. The molecular weight excluding hydrogens is 257 g/mol. The van der Waals surface area contributed by atoms with Gasteiger partial charge in [-0.25, -0.2) is 0 Å². The monoisotopic (exact) mass is 280 g/mol. The van der Waals surface area contributed by atoms with Crippen LogP contribution in [0.2, 0.25) is 0 Å². The SMILES string of the molecule is CCOC1CC(NCC2CCN(CC(F)(F)F)C2)C1. The molecule has 112 valence electrons. The smallest absolute Gasteiger partial charge is 0.378 e. The number of hydrogen-bond donors (Lipinski definition) is 1. The summed E-state index contributed by atoms with van der Waals surface area (Å²) in [5.41, 5.74) is 0. The lowest BCUT2D eigenvalue weighted by Crippen LogP contribution is -2.47. The summed E-state index contributed by atoms with van der Waals surface area (Å²) in [7, 11) is 0. The summed E-state index contributed by atoms with van der Waals surface area (Å²) < 4.78 is 42.2. The molecule has 0 aromatic carbocycles. The Labute approximate surface area is 112 Å². The van der Waals surface area contributed by atoms with Crippen molar-refractivity contribution in [1.82, 2.24) is 10.2 Å². The van der Waals surface area contributed by atoms with Gasteiger partial charge in [-0.1, -0.05) is 0 Å². The molecule has 1 unspecified atom stereocenters. The summed E-state index contributed by atoms with van der Waals surface area (Å²) in [5, 5.41) is 3.44. The average Bonchev–Trinajstić information content (AvgIpc) is 2.66. The quantitative estimate of drug-likeness (QED) is 0.805. The molecule has 0 spiro atoms. The summed E-state index contributed by atoms with van der Waals surface area (Å²) in [6.45, 7) is 3.95. The van der Waals surface area contributed by atoms with E-state index in [1.807, 2.05) is 6.92 Å². The first-order valence-corrected chi connectivity index (χ1v) is 7.10. The second-order valence-corrected chi connectivity index (χ2v) is 5.66. The molecule has 0 aromatic heterocycles. The van der Waals surface area contributed by atoms with Gasteiger partial charge in [0.05, 0.1) is 12.6 Å². The Hall–Kier alpha value is -0.330. The number of halogens is 3. The number of rotatable bonds is 6. The van der Waals surface area contributed by atoms with Gasteiger partial charge in [-0.3, -0.25) is 4.90 Å². The minimum absolute atomic E-state index is 0.355. The van der Waals surface area contributed by atoms with Crippen LogP contribution in [0.4, 0.5) is 13.2 Å². The normalized spacial score (nSPS) is 32.5. The molecule has 6 heteroatoms. The number of hydrogen-bond acceptors (Lipinski definition) is 3. The third-order valence-corrected chi connectivity index (χ3v) is 3.97. The van der Waals surface area contributed by atoms with E-state index in [4.69, 9.17) is 4.74 Å². The van der Waals surface area contributed by atoms with E-state index in [-0.39, 0.29) is 0 Å². The Kier molecular flexibility index (Phi) is 5.09. The largest absolute Gasteiger partial charge is 0.401 e. The first-order valence-electron chi connectivity index (χ1n) is 7.10. The van der Waals surface area contributed by atoms with E-state index in [0.29, 0.717) is 31.2 Å². The molecule has 1 N–H and O–H groups in total. The van der Waals surface area contributed by atoms with Crippen LogP contribution in [-0.4, -0.2) is 56.0 Å². The molecule has 2 fully saturated rings. The van der Waals surface area contributed by atoms with Gasteiger partial charge in [-0.05, 0) is 45.2 Å². The molecule has 1 saturated heterocycles. The molecule has 0 amide bonds. The zero-order chi connectivity index (χ0) is 13.9. The minimum Gasteiger partial charge on any atom is -0.378 e. The lowest BCUT2D eigenvalue weighted by Gasteiger charge is -2.36. The Bertz CT molecular complexity index is 280. The van der Waals surface area contributed by atoms with Gasteiger partial charge in [0.15, 0.2) is 0 Å². The average molecular weight is 280 g/mol. The van der Waals surface area contributed by atoms with Crippen LogP contribution in [0.15, 0.2) is 0 Å². The van der Waals surface area contributed by atoms with Gasteiger partial charge in [0, 0.05) is 19.2 Å². The number of ether oxygens (including phenoxy) is 1. The molecule has 1 aliphatic carbocycles. The van der Waals surface area contributed by atoms with Crippen LogP contribution in [0, 0.1) is 5.92 Å². The van der Waals surface area contributed by atoms with Crippen LogP contribution in [0.1, 0.15) is 26.2 Å². The molecule has 0 bridgehead atoms. The summed E-state index contributed by atoms with van der Waals surface area (Å²) >= 11 is 0. The van der Waals surface area contributed by atoms with Crippen LogP contribution in [0.25, 0.3) is 0 Å². The standard InChI is InChI=1S/C13H23F3N2O/c1-2-19-12-5-11(6-12)17-7-10-3-4-18(8-10)9-13(14,15)16/h10-12,17H,2-9H2,1H3. The Morgan fingerprint density at radius 2 is 2.05 bits per heavy atom. The highest BCUT2D eigenvalue weighted by molar-refractivity contribution is 4.88. The van der Waals surface area contributed by atoms with Crippen LogP contribution in [0.5, 0.6) is 0 Å². The van der Waals surface area contributed by atoms with E-state index < -0.39 is 12.7 Å². The maximum absolute atomic E-state index is 12.3. The van der Waals surface area contributed by atoms with E-state index in [2.05, 4.69) is 5.32 Å². The molecule has 1 aliphatic heterocycles. The molecule has 3 nitrogen and oxygen atoms in total. The fourth-order valence-electron chi connectivity index (χ4n) is 2.91. The topological polar surface area (TPSA) is 24.5 Å². The second kappa shape index (κ2) is 6.41. The van der Waals surface area contributed by atoms with Crippen LogP contribution in [-0.2, 0) is 4.74 Å². The molecule has 1 heterocycles. The van der Waals surface area contributed by atoms with E-state index >= 15 is 0 Å². The Morgan fingerprint density at radius 1 is 1.32 bits per heavy atom. The predicted molar refractivity (Wildman–Crippen MR) is 67.0 cm³/mol. The van der Waals surface area contributed by atoms with Crippen LogP contribution in [0.3, 0.4) is 0 Å². The van der Waals surface area contributed by atoms with E-state index in [1.54, 1.807) is 0 Å². The zero-order valence-corrected chi connectivity index (χ0v) is 11.4. The summed E-state index contributed by atoms with van der Waals surface area (Å²) in [6.07, 6.45) is -0.751. The first kappa shape index (κ1) is 15.1. The second-order valence-electron chi connectivity index (χ2n) is 5.66. The minimum atomic E-state index is -4.07. The maximum Gasteiger partial charge on any atom is 0.401 e. The fraction of sp³-hybridized carbons (Fsp3) is 1.00. The third kappa shape index (κ3) is 4.93. The number of nitrogens with one attached hydrogen (secondary N) is 1. The van der Waals surface area contributed by atoms with Gasteiger partial charge in [-0.15, -0.1) is 0 Å². The van der Waals surface area contributed by atoms with Crippen molar-refractivity contribution in [3.05, 3.63) is 0 Å². The lowest BCUT2D eigenvalue weighted by molar-refractivity contribution is -0.143. The molecule has 1 atom stereocenters. The van der Waals surface area contributed by atoms with Crippen molar-refractivity contribution in [3.63, 3.8) is 0 Å². The van der Waals surface area contributed by atoms with Gasteiger partial charge in [0.1, 0.15) is 0 Å². The van der Waals surface area contributed by atoms with Crippen molar-refractivity contribution >= 4 is 0 Å². The van der Waals surface area contributed by atoms with Crippen molar-refractivity contribution < 1.29 is 17.9 Å². The first-order chi connectivity index (χ1) is 8.96. The number of alkyl halides is 3. The van der Waals surface area contributed by atoms with Gasteiger partial charge in [0.2, 0.25) is 0 Å². The molecule has 1 saturated carbocycles. The molecule has 2 aliphatic rings. The molecule has 19 heavy (non-hydrogen) atoms. The van der Waals surface area contributed by atoms with E-state index in [1.165, 1.54) is 4.90 Å². The fourth-order valence-corrected chi connectivity index (χ4v) is 2.91. The van der Waals surface area contributed by atoms with Gasteiger partial charge >= 0.3 is 6.18 Å². The zero-order valence-electron chi connectivity index (χ0n) is 11.4. The number of nitrogens with zero attached hydrogens (tertiary/aromatic N) is 1. The highest BCUT2D eigenvalue weighted by Gasteiger charge is 2.35. The summed E-state index contributed by atoms with van der Waals surface area (Å²) in [4.78, 5) is 1.51. The van der Waals surface area contributed by atoms with Crippen molar-refractivity contribution in [3.8, 4) is 0 Å². The van der Waals surface area contributed by atoms with E-state index in [0.717, 1.165) is 32.4 Å². The van der Waals surface area contributed by atoms with Gasteiger partial charge in [0.25, 0.3) is 0 Å². The summed E-state index contributed by atoms with van der Waals surface area (Å²) in [6, 6.07) is 0.494. The van der Waals surface area contributed by atoms with E-state index in [9.17, 15) is 13.2 Å². The van der Waals surface area contributed by atoms with Gasteiger partial charge in [-0.2, -0.15) is 13.2 Å². The van der Waals surface area contributed by atoms with Crippen molar-refractivity contribution in [2.75, 3.05) is 32.8 Å². The van der Waals surface area contributed by atoms with Crippen molar-refractivity contribution in [1.29, 1.82) is 0 Å². The predicted octanol–water partition coefficient (Wildman–Crippen LogP) is 2.03.